The van der Waals surface area contributed by atoms with Gasteiger partial charge in [-0.05, 0) is 71.3 Å². The quantitative estimate of drug-likeness (QED) is 0.492. The van der Waals surface area contributed by atoms with Crippen LogP contribution in [-0.4, -0.2) is 43.4 Å². The molecule has 5 N–H and O–H groups in total. The average molecular weight is 483 g/mol. The van der Waals surface area contributed by atoms with Gasteiger partial charge in [0.25, 0.3) is 0 Å². The predicted octanol–water partition coefficient (Wildman–Crippen LogP) is 3.10. The van der Waals surface area contributed by atoms with E-state index >= 15 is 0 Å². The van der Waals surface area contributed by atoms with Gasteiger partial charge in [-0.1, -0.05) is 0 Å². The molecule has 2 aromatic heterocycles. The van der Waals surface area contributed by atoms with Crippen LogP contribution in [0.15, 0.2) is 12.3 Å². The van der Waals surface area contributed by atoms with Gasteiger partial charge in [-0.3, -0.25) is 19.9 Å². The second-order valence-electron chi connectivity index (χ2n) is 10.2. The number of nitrogens with two attached hydrogens (primary N) is 1. The van der Waals surface area contributed by atoms with E-state index < -0.39 is 11.6 Å². The minimum absolute atomic E-state index is 0.0969. The molecule has 1 spiro atoms. The number of nitrogens with one attached hydrogen (secondary N) is 2. The number of anilines is 1. The molecule has 3 heterocycles. The zero-order valence-electron chi connectivity index (χ0n) is 20.3. The lowest BCUT2D eigenvalue weighted by molar-refractivity contribution is -0.142. The summed E-state index contributed by atoms with van der Waals surface area (Å²) in [6, 6.07) is 0.169. The van der Waals surface area contributed by atoms with Crippen molar-refractivity contribution in [2.75, 3.05) is 5.32 Å². The van der Waals surface area contributed by atoms with Crippen molar-refractivity contribution in [1.29, 1.82) is 0 Å². The topological polar surface area (TPSA) is 144 Å². The molecule has 0 bridgehead atoms. The summed E-state index contributed by atoms with van der Waals surface area (Å²) in [5, 5.41) is 18.8. The van der Waals surface area contributed by atoms with Crippen molar-refractivity contribution in [2.24, 2.45) is 17.6 Å². The molecule has 10 heteroatoms. The van der Waals surface area contributed by atoms with Crippen molar-refractivity contribution in [3.8, 4) is 0 Å². The zero-order chi connectivity index (χ0) is 24.7. The molecule has 35 heavy (non-hydrogen) atoms. The van der Waals surface area contributed by atoms with Gasteiger partial charge in [0.1, 0.15) is 5.60 Å². The first kappa shape index (κ1) is 23.6. The number of aromatic nitrogens is 3. The van der Waals surface area contributed by atoms with Gasteiger partial charge in [-0.2, -0.15) is 5.10 Å². The van der Waals surface area contributed by atoms with Gasteiger partial charge in [0.15, 0.2) is 5.65 Å². The summed E-state index contributed by atoms with van der Waals surface area (Å²) in [5.41, 5.74) is 12.6. The van der Waals surface area contributed by atoms with E-state index in [-0.39, 0.29) is 23.8 Å². The molecule has 10 nitrogen and oxygen atoms in total. The van der Waals surface area contributed by atoms with Gasteiger partial charge in [-0.25, -0.2) is 9.67 Å². The summed E-state index contributed by atoms with van der Waals surface area (Å²) in [4.78, 5) is 33.9. The zero-order valence-corrected chi connectivity index (χ0v) is 20.3. The van der Waals surface area contributed by atoms with E-state index in [1.807, 2.05) is 24.7 Å². The molecule has 0 radical (unpaired) electrons. The maximum Gasteiger partial charge on any atom is 0.306 e. The van der Waals surface area contributed by atoms with Crippen molar-refractivity contribution < 1.29 is 19.5 Å². The Hall–Kier alpha value is -3.14. The molecule has 0 atom stereocenters. The highest BCUT2D eigenvalue weighted by molar-refractivity contribution is 5.97. The van der Waals surface area contributed by atoms with Gasteiger partial charge in [0.05, 0.1) is 28.4 Å². The number of pyridine rings is 1. The van der Waals surface area contributed by atoms with E-state index in [1.165, 1.54) is 0 Å². The molecule has 188 valence electrons. The van der Waals surface area contributed by atoms with Crippen molar-refractivity contribution in [1.82, 2.24) is 20.2 Å². The number of carbonyl (C=O) groups is 2. The van der Waals surface area contributed by atoms with Crippen LogP contribution in [0.3, 0.4) is 0 Å². The first-order valence-electron chi connectivity index (χ1n) is 12.6. The SMILES string of the molecule is CCn1nc(C)c2c(NC3CCC(C(=O)O)CC3)c(C3=CC4(CCC(C(N)=O)CC4)ON3)cnc21. The van der Waals surface area contributed by atoms with Crippen LogP contribution in [-0.2, 0) is 21.0 Å². The van der Waals surface area contributed by atoms with E-state index in [1.54, 1.807) is 0 Å². The monoisotopic (exact) mass is 482 g/mol. The smallest absolute Gasteiger partial charge is 0.306 e. The fraction of sp³-hybridized carbons (Fsp3) is 0.600. The highest BCUT2D eigenvalue weighted by Crippen LogP contribution is 2.43. The molecule has 3 aliphatic rings. The second kappa shape index (κ2) is 9.14. The van der Waals surface area contributed by atoms with E-state index in [0.717, 1.165) is 59.4 Å². The standard InChI is InChI=1S/C25H34N6O4/c1-3-31-23-20(14(2)29-31)21(28-17-6-4-16(5-7-17)24(33)34)18(13-27-23)19-12-25(35-30-19)10-8-15(9-11-25)22(26)32/h12-13,15-17,30H,3-11H2,1-2H3,(H2,26,32)(H,27,28)(H,33,34). The van der Waals surface area contributed by atoms with Crippen LogP contribution in [0, 0.1) is 18.8 Å². The maximum atomic E-state index is 11.6. The highest BCUT2D eigenvalue weighted by atomic mass is 16.7. The Morgan fingerprint density at radius 1 is 1.23 bits per heavy atom. The van der Waals surface area contributed by atoms with Crippen molar-refractivity contribution in [3.05, 3.63) is 23.5 Å². The van der Waals surface area contributed by atoms with E-state index in [0.29, 0.717) is 32.2 Å². The summed E-state index contributed by atoms with van der Waals surface area (Å²) in [5.74, 6) is -1.31. The average Bonchev–Trinajstić information content (AvgIpc) is 3.40. The number of primary amides is 1. The van der Waals surface area contributed by atoms with Gasteiger partial charge in [-0.15, -0.1) is 0 Å². The molecule has 0 aromatic carbocycles. The Bertz CT molecular complexity index is 1170. The summed E-state index contributed by atoms with van der Waals surface area (Å²) >= 11 is 0. The molecule has 0 unspecified atom stereocenters. The van der Waals surface area contributed by atoms with Crippen molar-refractivity contribution in [3.63, 3.8) is 0 Å². The predicted molar refractivity (Wildman–Crippen MR) is 131 cm³/mol. The summed E-state index contributed by atoms with van der Waals surface area (Å²) < 4.78 is 1.90. The number of hydrogen-bond donors (Lipinski definition) is 4. The Balaban J connectivity index is 1.48. The van der Waals surface area contributed by atoms with Gasteiger partial charge < -0.3 is 16.2 Å². The Labute approximate surface area is 204 Å². The first-order chi connectivity index (χ1) is 16.8. The molecule has 1 amide bonds. The maximum absolute atomic E-state index is 11.6. The van der Waals surface area contributed by atoms with Crippen molar-refractivity contribution in [2.45, 2.75) is 83.4 Å². The Kier molecular flexibility index (Phi) is 6.16. The molecule has 0 saturated heterocycles. The molecule has 2 fully saturated rings. The van der Waals surface area contributed by atoms with Crippen molar-refractivity contribution >= 4 is 34.3 Å². The third-order valence-electron chi connectivity index (χ3n) is 7.96. The van der Waals surface area contributed by atoms with Gasteiger partial charge in [0.2, 0.25) is 5.91 Å². The lowest BCUT2D eigenvalue weighted by atomic mass is 9.78. The van der Waals surface area contributed by atoms with Gasteiger partial charge >= 0.3 is 5.97 Å². The highest BCUT2D eigenvalue weighted by Gasteiger charge is 2.41. The lowest BCUT2D eigenvalue weighted by Crippen LogP contribution is -2.38. The minimum atomic E-state index is -0.704. The third-order valence-corrected chi connectivity index (χ3v) is 7.96. The Morgan fingerprint density at radius 3 is 2.57 bits per heavy atom. The molecule has 2 aromatic rings. The third kappa shape index (κ3) is 4.35. The Morgan fingerprint density at radius 2 is 1.94 bits per heavy atom. The molecule has 2 saturated carbocycles. The number of nitrogens with zero attached hydrogens (tertiary/aromatic N) is 3. The fourth-order valence-corrected chi connectivity index (χ4v) is 5.83. The van der Waals surface area contributed by atoms with E-state index in [2.05, 4.69) is 16.9 Å². The minimum Gasteiger partial charge on any atom is -0.481 e. The molecule has 2 aliphatic carbocycles. The number of rotatable bonds is 6. The fourth-order valence-electron chi connectivity index (χ4n) is 5.83. The van der Waals surface area contributed by atoms with Crippen LogP contribution in [0.4, 0.5) is 5.69 Å². The number of carboxylic acid groups (broad SMARTS) is 1. The molecular formula is C25H34N6O4. The summed E-state index contributed by atoms with van der Waals surface area (Å²) in [7, 11) is 0. The van der Waals surface area contributed by atoms with Crippen LogP contribution < -0.4 is 16.5 Å². The summed E-state index contributed by atoms with van der Waals surface area (Å²) in [6.07, 6.45) is 9.76. The summed E-state index contributed by atoms with van der Waals surface area (Å²) in [6.45, 7) is 4.75. The molecule has 1 aliphatic heterocycles. The number of hydroxylamine groups is 1. The molecular weight excluding hydrogens is 448 g/mol. The van der Waals surface area contributed by atoms with Crippen LogP contribution >= 0.6 is 0 Å². The van der Waals surface area contributed by atoms with Gasteiger partial charge in [0, 0.05) is 30.3 Å². The van der Waals surface area contributed by atoms with Crippen LogP contribution in [0.1, 0.15) is 69.5 Å². The first-order valence-corrected chi connectivity index (χ1v) is 12.6. The number of amides is 1. The normalized spacial score (nSPS) is 28.6. The van der Waals surface area contributed by atoms with E-state index in [9.17, 15) is 14.7 Å². The van der Waals surface area contributed by atoms with Crippen LogP contribution in [0.5, 0.6) is 0 Å². The van der Waals surface area contributed by atoms with Crippen LogP contribution in [0.25, 0.3) is 16.7 Å². The number of hydrogen-bond acceptors (Lipinski definition) is 7. The number of carbonyl (C=O) groups excluding carboxylic acids is 1. The number of aryl methyl sites for hydroxylation is 2. The lowest BCUT2D eigenvalue weighted by Gasteiger charge is -2.32. The number of aliphatic carboxylic acids is 1. The van der Waals surface area contributed by atoms with Crippen LogP contribution in [0.2, 0.25) is 0 Å². The largest absolute Gasteiger partial charge is 0.481 e. The molecule has 5 rings (SSSR count). The van der Waals surface area contributed by atoms with E-state index in [4.69, 9.17) is 20.7 Å². The second-order valence-corrected chi connectivity index (χ2v) is 10.2. The number of fused-ring (bicyclic) bond motifs is 1. The number of carboxylic acids is 1.